The Morgan fingerprint density at radius 1 is 1.45 bits per heavy atom. The average molecular weight is 304 g/mol. The van der Waals surface area contributed by atoms with E-state index in [0.717, 1.165) is 31.1 Å². The number of nitrogens with zero attached hydrogens (tertiary/aromatic N) is 4. The molecule has 0 saturated carbocycles. The van der Waals surface area contributed by atoms with E-state index in [1.807, 2.05) is 20.0 Å². The molecule has 0 bridgehead atoms. The first-order chi connectivity index (χ1) is 10.7. The molecule has 118 valence electrons. The summed E-state index contributed by atoms with van der Waals surface area (Å²) in [4.78, 5) is 22.7. The third-order valence-corrected chi connectivity index (χ3v) is 3.99. The number of ether oxygens (including phenoxy) is 1. The molecule has 0 radical (unpaired) electrons. The van der Waals surface area contributed by atoms with Crippen LogP contribution in [0.1, 0.15) is 41.9 Å². The topological polar surface area (TPSA) is 73.4 Å². The van der Waals surface area contributed by atoms with E-state index in [9.17, 15) is 4.79 Å². The van der Waals surface area contributed by atoms with Gasteiger partial charge in [0.15, 0.2) is 12.1 Å². The van der Waals surface area contributed by atoms with Crippen LogP contribution in [0.3, 0.4) is 0 Å². The minimum Gasteiger partial charge on any atom is -0.451 e. The van der Waals surface area contributed by atoms with Crippen molar-refractivity contribution in [1.82, 2.24) is 19.4 Å². The number of carbonyl (C=O) groups excluding carboxylic acids is 1. The van der Waals surface area contributed by atoms with Gasteiger partial charge in [0.2, 0.25) is 0 Å². The van der Waals surface area contributed by atoms with Crippen LogP contribution in [-0.4, -0.2) is 45.1 Å². The highest BCUT2D eigenvalue weighted by Crippen LogP contribution is 2.26. The SMILES string of the molecule is CCOCCc1cnc2n1CCN(C(=O)c1cocn1)[C@@H]2C. The van der Waals surface area contributed by atoms with Crippen LogP contribution < -0.4 is 0 Å². The van der Waals surface area contributed by atoms with Crippen molar-refractivity contribution in [3.63, 3.8) is 0 Å². The van der Waals surface area contributed by atoms with Gasteiger partial charge < -0.3 is 18.6 Å². The predicted octanol–water partition coefficient (Wildman–Crippen LogP) is 1.67. The molecule has 1 amide bonds. The van der Waals surface area contributed by atoms with Crippen LogP contribution in [0.2, 0.25) is 0 Å². The number of aromatic nitrogens is 3. The second-order valence-electron chi connectivity index (χ2n) is 5.25. The molecule has 1 aliphatic rings. The zero-order chi connectivity index (χ0) is 15.5. The van der Waals surface area contributed by atoms with Gasteiger partial charge in [-0.3, -0.25) is 4.79 Å². The Hall–Kier alpha value is -2.15. The molecule has 3 heterocycles. The van der Waals surface area contributed by atoms with Crippen LogP contribution >= 0.6 is 0 Å². The van der Waals surface area contributed by atoms with Crippen LogP contribution in [0.5, 0.6) is 0 Å². The normalized spacial score (nSPS) is 17.5. The molecule has 0 fully saturated rings. The predicted molar refractivity (Wildman–Crippen MR) is 78.4 cm³/mol. The summed E-state index contributed by atoms with van der Waals surface area (Å²) in [6.07, 6.45) is 5.37. The number of fused-ring (bicyclic) bond motifs is 1. The maximum Gasteiger partial charge on any atom is 0.276 e. The molecule has 0 aromatic carbocycles. The van der Waals surface area contributed by atoms with Crippen molar-refractivity contribution in [2.75, 3.05) is 19.8 Å². The van der Waals surface area contributed by atoms with Crippen LogP contribution in [-0.2, 0) is 17.7 Å². The highest BCUT2D eigenvalue weighted by Gasteiger charge is 2.31. The van der Waals surface area contributed by atoms with Gasteiger partial charge in [0.25, 0.3) is 5.91 Å². The molecule has 0 aliphatic carbocycles. The molecule has 0 spiro atoms. The Bertz CT molecular complexity index is 635. The lowest BCUT2D eigenvalue weighted by Crippen LogP contribution is -2.41. The number of oxazole rings is 1. The van der Waals surface area contributed by atoms with E-state index in [1.54, 1.807) is 4.90 Å². The van der Waals surface area contributed by atoms with Gasteiger partial charge in [-0.25, -0.2) is 9.97 Å². The van der Waals surface area contributed by atoms with Crippen molar-refractivity contribution in [3.8, 4) is 0 Å². The van der Waals surface area contributed by atoms with Crippen molar-refractivity contribution >= 4 is 5.91 Å². The van der Waals surface area contributed by atoms with E-state index >= 15 is 0 Å². The van der Waals surface area contributed by atoms with E-state index in [0.29, 0.717) is 18.8 Å². The summed E-state index contributed by atoms with van der Waals surface area (Å²) in [5.74, 6) is 0.793. The molecule has 3 rings (SSSR count). The second kappa shape index (κ2) is 6.31. The molecular weight excluding hydrogens is 284 g/mol. The summed E-state index contributed by atoms with van der Waals surface area (Å²) >= 11 is 0. The molecule has 0 saturated heterocycles. The van der Waals surface area contributed by atoms with E-state index in [4.69, 9.17) is 9.15 Å². The zero-order valence-corrected chi connectivity index (χ0v) is 12.9. The minimum absolute atomic E-state index is 0.0845. The molecule has 1 aliphatic heterocycles. The van der Waals surface area contributed by atoms with Gasteiger partial charge >= 0.3 is 0 Å². The Labute approximate surface area is 128 Å². The fourth-order valence-corrected chi connectivity index (χ4v) is 2.82. The summed E-state index contributed by atoms with van der Waals surface area (Å²) in [5.41, 5.74) is 1.49. The molecule has 7 nitrogen and oxygen atoms in total. The molecule has 7 heteroatoms. The third-order valence-electron chi connectivity index (χ3n) is 3.99. The summed E-state index contributed by atoms with van der Waals surface area (Å²) in [7, 11) is 0. The Morgan fingerprint density at radius 2 is 2.32 bits per heavy atom. The molecule has 22 heavy (non-hydrogen) atoms. The Balaban J connectivity index is 1.76. The smallest absolute Gasteiger partial charge is 0.276 e. The summed E-state index contributed by atoms with van der Waals surface area (Å²) < 4.78 is 12.5. The lowest BCUT2D eigenvalue weighted by molar-refractivity contribution is 0.0629. The lowest BCUT2D eigenvalue weighted by Gasteiger charge is -2.34. The van der Waals surface area contributed by atoms with Gasteiger partial charge in [-0.1, -0.05) is 0 Å². The quantitative estimate of drug-likeness (QED) is 0.786. The van der Waals surface area contributed by atoms with Crippen molar-refractivity contribution in [1.29, 1.82) is 0 Å². The highest BCUT2D eigenvalue weighted by molar-refractivity contribution is 5.92. The largest absolute Gasteiger partial charge is 0.451 e. The Morgan fingerprint density at radius 3 is 3.05 bits per heavy atom. The summed E-state index contributed by atoms with van der Waals surface area (Å²) in [6, 6.07) is -0.0845. The summed E-state index contributed by atoms with van der Waals surface area (Å²) in [6.45, 7) is 6.77. The third kappa shape index (κ3) is 2.64. The fourth-order valence-electron chi connectivity index (χ4n) is 2.82. The molecule has 0 unspecified atom stereocenters. The maximum absolute atomic E-state index is 12.4. The molecule has 2 aromatic heterocycles. The molecule has 2 aromatic rings. The van der Waals surface area contributed by atoms with E-state index in [2.05, 4.69) is 14.5 Å². The van der Waals surface area contributed by atoms with E-state index in [-0.39, 0.29) is 11.9 Å². The van der Waals surface area contributed by atoms with Crippen LogP contribution in [0.15, 0.2) is 23.3 Å². The number of imidazole rings is 1. The van der Waals surface area contributed by atoms with Crippen molar-refractivity contribution < 1.29 is 13.9 Å². The molecule has 1 atom stereocenters. The first-order valence-electron chi connectivity index (χ1n) is 7.53. The van der Waals surface area contributed by atoms with Crippen LogP contribution in [0.4, 0.5) is 0 Å². The van der Waals surface area contributed by atoms with Crippen LogP contribution in [0.25, 0.3) is 0 Å². The van der Waals surface area contributed by atoms with Gasteiger partial charge in [-0.15, -0.1) is 0 Å². The van der Waals surface area contributed by atoms with Crippen molar-refractivity contribution in [3.05, 3.63) is 36.1 Å². The highest BCUT2D eigenvalue weighted by atomic mass is 16.5. The zero-order valence-electron chi connectivity index (χ0n) is 12.9. The summed E-state index contributed by atoms with van der Waals surface area (Å²) in [5, 5.41) is 0. The molecular formula is C15H20N4O3. The van der Waals surface area contributed by atoms with Crippen molar-refractivity contribution in [2.24, 2.45) is 0 Å². The number of hydrogen-bond acceptors (Lipinski definition) is 5. The lowest BCUT2D eigenvalue weighted by atomic mass is 10.2. The monoisotopic (exact) mass is 304 g/mol. The van der Waals surface area contributed by atoms with Gasteiger partial charge in [-0.05, 0) is 13.8 Å². The number of rotatable bonds is 5. The maximum atomic E-state index is 12.4. The first-order valence-corrected chi connectivity index (χ1v) is 7.53. The van der Waals surface area contributed by atoms with Gasteiger partial charge in [0, 0.05) is 38.0 Å². The average Bonchev–Trinajstić information content (AvgIpc) is 3.17. The van der Waals surface area contributed by atoms with Crippen LogP contribution in [0, 0.1) is 0 Å². The first kappa shape index (κ1) is 14.8. The van der Waals surface area contributed by atoms with E-state index < -0.39 is 0 Å². The number of amides is 1. The second-order valence-corrected chi connectivity index (χ2v) is 5.25. The number of hydrogen-bond donors (Lipinski definition) is 0. The number of carbonyl (C=O) groups is 1. The molecule has 0 N–H and O–H groups in total. The standard InChI is InChI=1S/C15H20N4O3/c1-3-21-7-4-12-8-16-14-11(2)18(5-6-19(12)14)15(20)13-9-22-10-17-13/h8-11H,3-7H2,1-2H3/t11-/m1/s1. The van der Waals surface area contributed by atoms with Gasteiger partial charge in [-0.2, -0.15) is 0 Å². The minimum atomic E-state index is -0.119. The van der Waals surface area contributed by atoms with Crippen molar-refractivity contribution in [2.45, 2.75) is 32.9 Å². The van der Waals surface area contributed by atoms with E-state index in [1.165, 1.54) is 12.7 Å². The Kier molecular flexibility index (Phi) is 4.24. The fraction of sp³-hybridized carbons (Fsp3) is 0.533. The van der Waals surface area contributed by atoms with Gasteiger partial charge in [0.05, 0.1) is 12.6 Å². The van der Waals surface area contributed by atoms with Gasteiger partial charge in [0.1, 0.15) is 12.1 Å².